The molecule has 1 saturated heterocycles. The normalized spacial score (nSPS) is 17.6. The summed E-state index contributed by atoms with van der Waals surface area (Å²) in [5, 5.41) is 0. The molecular formula is C28H27N3O6S. The summed E-state index contributed by atoms with van der Waals surface area (Å²) in [4.78, 5) is 45.4. The Morgan fingerprint density at radius 1 is 1.11 bits per heavy atom. The number of morpholine rings is 1. The van der Waals surface area contributed by atoms with E-state index in [1.807, 2.05) is 42.5 Å². The maximum Gasteiger partial charge on any atom is 0.338 e. The minimum absolute atomic E-state index is 0.0424. The number of hydrogen-bond donors (Lipinski definition) is 0. The zero-order valence-corrected chi connectivity index (χ0v) is 21.9. The number of carbonyl (C=O) groups is 2. The quantitative estimate of drug-likeness (QED) is 0.447. The summed E-state index contributed by atoms with van der Waals surface area (Å²) in [6.07, 6.45) is 1.78. The lowest BCUT2D eigenvalue weighted by Gasteiger charge is -2.26. The molecule has 1 amide bonds. The van der Waals surface area contributed by atoms with Gasteiger partial charge in [-0.05, 0) is 36.3 Å². The van der Waals surface area contributed by atoms with Crippen LogP contribution in [0.5, 0.6) is 5.75 Å². The van der Waals surface area contributed by atoms with Crippen molar-refractivity contribution in [2.45, 2.75) is 13.0 Å². The first-order chi connectivity index (χ1) is 18.5. The first kappa shape index (κ1) is 25.6. The summed E-state index contributed by atoms with van der Waals surface area (Å²) in [6.45, 7) is 3.94. The number of fused-ring (bicyclic) bond motifs is 1. The van der Waals surface area contributed by atoms with Crippen LogP contribution in [-0.2, 0) is 19.1 Å². The molecule has 9 nitrogen and oxygen atoms in total. The number of rotatable bonds is 6. The number of thiazole rings is 1. The Hall–Kier alpha value is -4.02. The van der Waals surface area contributed by atoms with Gasteiger partial charge >= 0.3 is 5.97 Å². The van der Waals surface area contributed by atoms with Crippen molar-refractivity contribution >= 4 is 29.3 Å². The summed E-state index contributed by atoms with van der Waals surface area (Å²) in [5.41, 5.74) is 2.20. The summed E-state index contributed by atoms with van der Waals surface area (Å²) in [7, 11) is 1.32. The molecule has 0 aliphatic carbocycles. The molecule has 1 aromatic heterocycles. The molecule has 1 atom stereocenters. The monoisotopic (exact) mass is 533 g/mol. The highest BCUT2D eigenvalue weighted by Crippen LogP contribution is 2.30. The average Bonchev–Trinajstić information content (AvgIpc) is 3.26. The Morgan fingerprint density at radius 2 is 1.82 bits per heavy atom. The van der Waals surface area contributed by atoms with E-state index in [0.717, 1.165) is 11.1 Å². The Morgan fingerprint density at radius 3 is 2.50 bits per heavy atom. The maximum absolute atomic E-state index is 13.6. The van der Waals surface area contributed by atoms with Gasteiger partial charge in [0, 0.05) is 13.1 Å². The third-order valence-corrected chi connectivity index (χ3v) is 7.43. The van der Waals surface area contributed by atoms with Gasteiger partial charge in [0.25, 0.3) is 11.5 Å². The van der Waals surface area contributed by atoms with Crippen LogP contribution in [0.2, 0.25) is 0 Å². The van der Waals surface area contributed by atoms with E-state index in [4.69, 9.17) is 14.2 Å². The van der Waals surface area contributed by atoms with Gasteiger partial charge in [-0.15, -0.1) is 0 Å². The number of methoxy groups -OCH3 is 1. The second kappa shape index (κ2) is 11.2. The van der Waals surface area contributed by atoms with Gasteiger partial charge in [-0.25, -0.2) is 9.79 Å². The minimum Gasteiger partial charge on any atom is -0.484 e. The van der Waals surface area contributed by atoms with Crippen LogP contribution in [0.4, 0.5) is 0 Å². The van der Waals surface area contributed by atoms with E-state index in [-0.39, 0.29) is 18.1 Å². The van der Waals surface area contributed by atoms with E-state index in [0.29, 0.717) is 52.7 Å². The molecule has 1 unspecified atom stereocenters. The van der Waals surface area contributed by atoms with Gasteiger partial charge in [0.15, 0.2) is 11.4 Å². The van der Waals surface area contributed by atoms with Gasteiger partial charge in [-0.1, -0.05) is 53.8 Å². The van der Waals surface area contributed by atoms with E-state index < -0.39 is 12.0 Å². The summed E-state index contributed by atoms with van der Waals surface area (Å²) < 4.78 is 18.0. The van der Waals surface area contributed by atoms with Crippen molar-refractivity contribution in [1.82, 2.24) is 9.47 Å². The fraction of sp³-hybridized carbons (Fsp3) is 0.286. The van der Waals surface area contributed by atoms with Crippen LogP contribution >= 0.6 is 11.3 Å². The lowest BCUT2D eigenvalue weighted by molar-refractivity contribution is -0.137. The molecule has 0 radical (unpaired) electrons. The van der Waals surface area contributed by atoms with E-state index in [2.05, 4.69) is 4.99 Å². The number of hydrogen-bond acceptors (Lipinski definition) is 8. The smallest absolute Gasteiger partial charge is 0.338 e. The Bertz CT molecular complexity index is 1550. The van der Waals surface area contributed by atoms with Gasteiger partial charge in [0.2, 0.25) is 0 Å². The third-order valence-electron chi connectivity index (χ3n) is 6.45. The molecule has 38 heavy (non-hydrogen) atoms. The number of amides is 1. The number of ether oxygens (including phenoxy) is 3. The number of aromatic nitrogens is 1. The molecule has 5 rings (SSSR count). The molecule has 0 spiro atoms. The van der Waals surface area contributed by atoms with Crippen LogP contribution in [0.3, 0.4) is 0 Å². The standard InChI is InChI=1S/C28H27N3O6S/c1-18-24(27(34)35-2)25(20-6-4-3-5-7-20)31-26(33)22(38-28(31)29-18)16-19-8-10-21(11-9-19)37-17-23(32)30-12-14-36-15-13-30/h3-11,16,25H,12-15,17H2,1-2H3. The van der Waals surface area contributed by atoms with E-state index in [9.17, 15) is 14.4 Å². The lowest BCUT2D eigenvalue weighted by atomic mass is 9.96. The number of allylic oxidation sites excluding steroid dienone is 1. The first-order valence-corrected chi connectivity index (χ1v) is 13.0. The van der Waals surface area contributed by atoms with Crippen LogP contribution in [0, 0.1) is 0 Å². The fourth-order valence-electron chi connectivity index (χ4n) is 4.50. The number of carbonyl (C=O) groups excluding carboxylic acids is 2. The van der Waals surface area contributed by atoms with E-state index >= 15 is 0 Å². The van der Waals surface area contributed by atoms with E-state index in [1.165, 1.54) is 18.4 Å². The fourth-order valence-corrected chi connectivity index (χ4v) is 5.55. The van der Waals surface area contributed by atoms with Gasteiger partial charge in [0.05, 0.1) is 42.2 Å². The SMILES string of the molecule is COC(=O)C1=C(C)N=c2sc(=Cc3ccc(OCC(=O)N4CCOCC4)cc3)c(=O)n2C1c1ccccc1. The van der Waals surface area contributed by atoms with Crippen LogP contribution in [0.15, 0.2) is 75.7 Å². The number of esters is 1. The largest absolute Gasteiger partial charge is 0.484 e. The maximum atomic E-state index is 13.6. The number of benzene rings is 2. The van der Waals surface area contributed by atoms with Crippen LogP contribution in [0.25, 0.3) is 6.08 Å². The second-order valence-corrected chi connectivity index (χ2v) is 9.84. The van der Waals surface area contributed by atoms with Crippen molar-refractivity contribution < 1.29 is 23.8 Å². The van der Waals surface area contributed by atoms with Crippen LogP contribution < -0.4 is 19.6 Å². The summed E-state index contributed by atoms with van der Waals surface area (Å²) >= 11 is 1.26. The summed E-state index contributed by atoms with van der Waals surface area (Å²) in [6, 6.07) is 15.9. The molecule has 3 heterocycles. The van der Waals surface area contributed by atoms with Gasteiger partial charge in [0.1, 0.15) is 5.75 Å². The predicted octanol–water partition coefficient (Wildman–Crippen LogP) is 1.65. The highest BCUT2D eigenvalue weighted by molar-refractivity contribution is 7.07. The predicted molar refractivity (Wildman–Crippen MR) is 142 cm³/mol. The highest BCUT2D eigenvalue weighted by Gasteiger charge is 2.32. The third kappa shape index (κ3) is 5.18. The first-order valence-electron chi connectivity index (χ1n) is 12.2. The summed E-state index contributed by atoms with van der Waals surface area (Å²) in [5.74, 6) is -0.0298. The topological polar surface area (TPSA) is 99.4 Å². The Balaban J connectivity index is 1.42. The minimum atomic E-state index is -0.637. The molecule has 2 aliphatic rings. The molecule has 2 aromatic carbocycles. The van der Waals surface area contributed by atoms with E-state index in [1.54, 1.807) is 34.6 Å². The zero-order chi connectivity index (χ0) is 26.6. The highest BCUT2D eigenvalue weighted by atomic mass is 32.1. The van der Waals surface area contributed by atoms with Crippen molar-refractivity contribution in [3.63, 3.8) is 0 Å². The van der Waals surface area contributed by atoms with Gasteiger partial charge < -0.3 is 19.1 Å². The van der Waals surface area contributed by atoms with Crippen molar-refractivity contribution in [3.8, 4) is 5.75 Å². The van der Waals surface area contributed by atoms with Crippen molar-refractivity contribution in [2.24, 2.45) is 4.99 Å². The lowest BCUT2D eigenvalue weighted by Crippen LogP contribution is -2.42. The molecule has 2 aliphatic heterocycles. The molecule has 1 fully saturated rings. The zero-order valence-electron chi connectivity index (χ0n) is 21.1. The number of nitrogens with zero attached hydrogens (tertiary/aromatic N) is 3. The molecule has 196 valence electrons. The molecule has 3 aromatic rings. The van der Waals surface area contributed by atoms with Crippen LogP contribution in [-0.4, -0.2) is 61.4 Å². The molecular weight excluding hydrogens is 506 g/mol. The van der Waals surface area contributed by atoms with Crippen LogP contribution in [0.1, 0.15) is 24.1 Å². The molecule has 10 heteroatoms. The van der Waals surface area contributed by atoms with Crippen molar-refractivity contribution in [3.05, 3.63) is 96.7 Å². The average molecular weight is 534 g/mol. The Kier molecular flexibility index (Phi) is 7.52. The molecule has 0 bridgehead atoms. The second-order valence-electron chi connectivity index (χ2n) is 8.83. The van der Waals surface area contributed by atoms with Gasteiger partial charge in [-0.2, -0.15) is 0 Å². The van der Waals surface area contributed by atoms with Crippen molar-refractivity contribution in [2.75, 3.05) is 40.0 Å². The van der Waals surface area contributed by atoms with Crippen molar-refractivity contribution in [1.29, 1.82) is 0 Å². The molecule has 0 saturated carbocycles. The molecule has 0 N–H and O–H groups in total. The Labute approximate surface area is 222 Å². The van der Waals surface area contributed by atoms with Gasteiger partial charge in [-0.3, -0.25) is 14.2 Å².